The first-order valence-corrected chi connectivity index (χ1v) is 14.0. The zero-order chi connectivity index (χ0) is 28.1. The Labute approximate surface area is 233 Å². The van der Waals surface area contributed by atoms with Gasteiger partial charge in [0.15, 0.2) is 5.17 Å². The maximum Gasteiger partial charge on any atom is 0.338 e. The summed E-state index contributed by atoms with van der Waals surface area (Å²) in [7, 11) is 4.48. The fourth-order valence-corrected chi connectivity index (χ4v) is 6.11. The number of amidine groups is 1. The van der Waals surface area contributed by atoms with E-state index < -0.39 is 12.0 Å². The van der Waals surface area contributed by atoms with E-state index >= 15 is 0 Å². The van der Waals surface area contributed by atoms with Crippen molar-refractivity contribution in [3.63, 3.8) is 0 Å². The first kappa shape index (κ1) is 28.5. The van der Waals surface area contributed by atoms with Gasteiger partial charge in [0, 0.05) is 30.4 Å². The number of methoxy groups -OCH3 is 3. The number of benzene rings is 1. The summed E-state index contributed by atoms with van der Waals surface area (Å²) in [5, 5.41) is 2.58. The molecular formula is C28H35N3O7S. The van der Waals surface area contributed by atoms with Gasteiger partial charge in [-0.3, -0.25) is 9.59 Å². The van der Waals surface area contributed by atoms with E-state index in [0.717, 1.165) is 12.0 Å². The molecular weight excluding hydrogens is 522 g/mol. The third kappa shape index (κ3) is 5.78. The van der Waals surface area contributed by atoms with Crippen LogP contribution >= 0.6 is 11.8 Å². The minimum atomic E-state index is -0.622. The number of hydrogen-bond donors (Lipinski definition) is 0. The molecule has 39 heavy (non-hydrogen) atoms. The van der Waals surface area contributed by atoms with Crippen LogP contribution in [-0.2, 0) is 23.9 Å². The lowest BCUT2D eigenvalue weighted by Crippen LogP contribution is -2.44. The normalized spacial score (nSPS) is 20.6. The molecule has 0 saturated carbocycles. The third-order valence-corrected chi connectivity index (χ3v) is 7.98. The molecule has 2 atom stereocenters. The molecule has 1 amide bonds. The van der Waals surface area contributed by atoms with E-state index in [0.29, 0.717) is 66.2 Å². The first-order valence-electron chi connectivity index (χ1n) is 13.1. The molecule has 1 aromatic rings. The number of piperidine rings is 1. The largest absolute Gasteiger partial charge is 0.497 e. The molecule has 0 aliphatic carbocycles. The van der Waals surface area contributed by atoms with Crippen molar-refractivity contribution >= 4 is 34.8 Å². The van der Waals surface area contributed by atoms with Gasteiger partial charge in [-0.05, 0) is 43.7 Å². The van der Waals surface area contributed by atoms with Gasteiger partial charge in [0.25, 0.3) is 0 Å². The summed E-state index contributed by atoms with van der Waals surface area (Å²) in [6, 6.07) is 4.81. The molecule has 0 bridgehead atoms. The molecule has 11 heteroatoms. The highest BCUT2D eigenvalue weighted by atomic mass is 32.2. The molecule has 0 radical (unpaired) electrons. The second-order valence-corrected chi connectivity index (χ2v) is 10.2. The zero-order valence-electron chi connectivity index (χ0n) is 23.0. The molecule has 3 heterocycles. The molecule has 0 spiro atoms. The van der Waals surface area contributed by atoms with Crippen molar-refractivity contribution in [1.82, 2.24) is 9.80 Å². The fourth-order valence-electron chi connectivity index (χ4n) is 5.17. The first-order chi connectivity index (χ1) is 18.9. The second kappa shape index (κ2) is 12.6. The maximum atomic E-state index is 13.5. The van der Waals surface area contributed by atoms with Crippen molar-refractivity contribution in [3.8, 4) is 11.5 Å². The number of aliphatic imine (C=N–C) groups is 1. The molecule has 1 fully saturated rings. The second-order valence-electron chi connectivity index (χ2n) is 9.32. The monoisotopic (exact) mass is 557 g/mol. The topological polar surface area (TPSA) is 107 Å². The Balaban J connectivity index is 1.68. The standard InChI is InChI=1S/C28H35N3O7S/c1-6-21-24(27(34)37-5)25(20-11-10-19(35-3)14-22(20)36-4)31-18(16-39-28(31)29-21)13-23(32)30-12-8-9-17(15-30)26(33)38-7-2/h10-11,14,16-17,25H,6-9,12-13,15H2,1-5H3/t17-,25-/m1/s1. The molecule has 1 saturated heterocycles. The van der Waals surface area contributed by atoms with Crippen LogP contribution in [0.3, 0.4) is 0 Å². The highest BCUT2D eigenvalue weighted by Crippen LogP contribution is 2.48. The number of nitrogens with zero attached hydrogens (tertiary/aromatic N) is 3. The van der Waals surface area contributed by atoms with Crippen molar-refractivity contribution in [3.05, 3.63) is 46.1 Å². The highest BCUT2D eigenvalue weighted by Gasteiger charge is 2.43. The van der Waals surface area contributed by atoms with E-state index in [2.05, 4.69) is 0 Å². The molecule has 1 aromatic carbocycles. The van der Waals surface area contributed by atoms with E-state index in [9.17, 15) is 14.4 Å². The Morgan fingerprint density at radius 3 is 2.59 bits per heavy atom. The van der Waals surface area contributed by atoms with Gasteiger partial charge >= 0.3 is 11.9 Å². The lowest BCUT2D eigenvalue weighted by molar-refractivity contribution is -0.151. The molecule has 0 unspecified atom stereocenters. The van der Waals surface area contributed by atoms with Gasteiger partial charge in [0.1, 0.15) is 11.5 Å². The van der Waals surface area contributed by atoms with Gasteiger partial charge < -0.3 is 28.7 Å². The summed E-state index contributed by atoms with van der Waals surface area (Å²) in [4.78, 5) is 47.4. The SMILES string of the molecule is CCOC(=O)[C@@H]1CCCN(C(=O)CC2=CSC3=NC(CC)=C(C(=O)OC)[C@@H](c4ccc(OC)cc4OC)N23)C1. The maximum absolute atomic E-state index is 13.5. The van der Waals surface area contributed by atoms with Crippen molar-refractivity contribution in [1.29, 1.82) is 0 Å². The Morgan fingerprint density at radius 2 is 1.92 bits per heavy atom. The molecule has 3 aliphatic heterocycles. The van der Waals surface area contributed by atoms with Crippen molar-refractivity contribution in [2.24, 2.45) is 10.9 Å². The smallest absolute Gasteiger partial charge is 0.338 e. The predicted molar refractivity (Wildman–Crippen MR) is 147 cm³/mol. The summed E-state index contributed by atoms with van der Waals surface area (Å²) in [6.07, 6.45) is 2.05. The lowest BCUT2D eigenvalue weighted by Gasteiger charge is -2.38. The molecule has 10 nitrogen and oxygen atoms in total. The molecule has 4 rings (SSSR count). The van der Waals surface area contributed by atoms with Crippen molar-refractivity contribution < 1.29 is 33.3 Å². The van der Waals surface area contributed by atoms with E-state index in [1.165, 1.54) is 18.9 Å². The van der Waals surface area contributed by atoms with E-state index in [1.54, 1.807) is 32.1 Å². The van der Waals surface area contributed by atoms with Crippen LogP contribution in [-0.4, -0.2) is 73.8 Å². The van der Waals surface area contributed by atoms with Gasteiger partial charge in [-0.25, -0.2) is 9.79 Å². The number of allylic oxidation sites excluding steroid dienone is 1. The van der Waals surface area contributed by atoms with Crippen LogP contribution in [0.15, 0.2) is 45.6 Å². The summed E-state index contributed by atoms with van der Waals surface area (Å²) in [5.41, 5.74) is 2.45. The van der Waals surface area contributed by atoms with E-state index in [1.807, 2.05) is 29.4 Å². The van der Waals surface area contributed by atoms with Crippen LogP contribution in [0.2, 0.25) is 0 Å². The summed E-state index contributed by atoms with van der Waals surface area (Å²) < 4.78 is 21.5. The number of amides is 1. The van der Waals surface area contributed by atoms with Crippen LogP contribution in [0.4, 0.5) is 0 Å². The van der Waals surface area contributed by atoms with E-state index in [-0.39, 0.29) is 24.2 Å². The van der Waals surface area contributed by atoms with Gasteiger partial charge in [-0.1, -0.05) is 18.7 Å². The Hall–Kier alpha value is -3.47. The Bertz CT molecular complexity index is 1230. The summed E-state index contributed by atoms with van der Waals surface area (Å²) >= 11 is 1.41. The number of hydrogen-bond acceptors (Lipinski definition) is 10. The average Bonchev–Trinajstić information content (AvgIpc) is 3.37. The van der Waals surface area contributed by atoms with Gasteiger partial charge in [0.05, 0.1) is 57.6 Å². The minimum absolute atomic E-state index is 0.0897. The van der Waals surface area contributed by atoms with Crippen LogP contribution in [0.25, 0.3) is 0 Å². The number of esters is 2. The third-order valence-electron chi connectivity index (χ3n) is 7.09. The molecule has 3 aliphatic rings. The lowest BCUT2D eigenvalue weighted by atomic mass is 9.92. The number of carbonyl (C=O) groups excluding carboxylic acids is 3. The Morgan fingerprint density at radius 1 is 1.13 bits per heavy atom. The van der Waals surface area contributed by atoms with Crippen LogP contribution in [0, 0.1) is 5.92 Å². The number of rotatable bonds is 9. The van der Waals surface area contributed by atoms with Crippen LogP contribution in [0.5, 0.6) is 11.5 Å². The zero-order valence-corrected chi connectivity index (χ0v) is 23.8. The number of carbonyl (C=O) groups is 3. The summed E-state index contributed by atoms with van der Waals surface area (Å²) in [6.45, 7) is 4.95. The molecule has 0 N–H and O–H groups in total. The van der Waals surface area contributed by atoms with Gasteiger partial charge in [0.2, 0.25) is 5.91 Å². The number of fused-ring (bicyclic) bond motifs is 1. The van der Waals surface area contributed by atoms with Crippen LogP contribution < -0.4 is 9.47 Å². The number of likely N-dealkylation sites (tertiary alicyclic amines) is 1. The number of ether oxygens (including phenoxy) is 4. The van der Waals surface area contributed by atoms with Crippen molar-refractivity contribution in [2.75, 3.05) is 41.0 Å². The quantitative estimate of drug-likeness (QED) is 0.416. The fraction of sp³-hybridized carbons (Fsp3) is 0.500. The van der Waals surface area contributed by atoms with Gasteiger partial charge in [-0.15, -0.1) is 0 Å². The Kier molecular flexibility index (Phi) is 9.21. The summed E-state index contributed by atoms with van der Waals surface area (Å²) in [5.74, 6) is -0.0199. The van der Waals surface area contributed by atoms with Crippen LogP contribution in [0.1, 0.15) is 51.1 Å². The van der Waals surface area contributed by atoms with Crippen molar-refractivity contribution in [2.45, 2.75) is 45.6 Å². The molecule has 0 aromatic heterocycles. The number of thioether (sulfide) groups is 1. The minimum Gasteiger partial charge on any atom is -0.497 e. The molecule has 210 valence electrons. The predicted octanol–water partition coefficient (Wildman–Crippen LogP) is 4.03. The van der Waals surface area contributed by atoms with E-state index in [4.69, 9.17) is 23.9 Å². The average molecular weight is 558 g/mol. The van der Waals surface area contributed by atoms with Gasteiger partial charge in [-0.2, -0.15) is 0 Å². The highest BCUT2D eigenvalue weighted by molar-refractivity contribution is 8.16.